The highest BCUT2D eigenvalue weighted by molar-refractivity contribution is 5.91. The maximum absolute atomic E-state index is 10.7. The molecular weight excluding hydrogens is 114 g/mol. The van der Waals surface area contributed by atoms with E-state index in [9.17, 15) is 4.79 Å². The van der Waals surface area contributed by atoms with Crippen LogP contribution in [-0.2, 0) is 4.79 Å². The van der Waals surface area contributed by atoms with Crippen LogP contribution in [-0.4, -0.2) is 31.3 Å². The second kappa shape index (κ2) is 4.27. The average Bonchev–Trinajstić information content (AvgIpc) is 1.63. The van der Waals surface area contributed by atoms with Crippen molar-refractivity contribution in [3.63, 3.8) is 0 Å². The maximum atomic E-state index is 10.7. The Morgan fingerprint density at radius 2 is 2.11 bits per heavy atom. The van der Waals surface area contributed by atoms with E-state index in [1.54, 1.807) is 12.2 Å². The van der Waals surface area contributed by atoms with Crippen molar-refractivity contribution in [2.24, 2.45) is 0 Å². The first-order chi connectivity index (χ1) is 4.16. The molecule has 2 nitrogen and oxygen atoms in total. The van der Waals surface area contributed by atoms with E-state index in [0.29, 0.717) is 6.54 Å². The van der Waals surface area contributed by atoms with Crippen LogP contribution in [0.1, 0.15) is 6.92 Å². The number of allylic oxidation sites excluding steroid dienone is 1. The van der Waals surface area contributed by atoms with E-state index >= 15 is 0 Å². The molecule has 9 heavy (non-hydrogen) atoms. The molecule has 0 aliphatic heterocycles. The fourth-order valence-electron chi connectivity index (χ4n) is 0.550. The van der Waals surface area contributed by atoms with Crippen LogP contribution in [0, 0.1) is 0 Å². The monoisotopic (exact) mass is 127 g/mol. The minimum Gasteiger partial charge on any atom is -0.302 e. The third kappa shape index (κ3) is 5.24. The topological polar surface area (TPSA) is 20.3 Å². The highest BCUT2D eigenvalue weighted by Crippen LogP contribution is 1.79. The second-order valence-electron chi connectivity index (χ2n) is 2.20. The van der Waals surface area contributed by atoms with Gasteiger partial charge in [0.15, 0.2) is 5.78 Å². The van der Waals surface area contributed by atoms with Gasteiger partial charge in [-0.25, -0.2) is 0 Å². The zero-order valence-corrected chi connectivity index (χ0v) is 6.22. The standard InChI is InChI=1S/C7H13NO/c1-4-5-7(9)6-8(2)3/h4-5H,6H2,1-3H3. The predicted molar refractivity (Wildman–Crippen MR) is 38.4 cm³/mol. The number of nitrogens with zero attached hydrogens (tertiary/aromatic N) is 1. The molecule has 52 valence electrons. The van der Waals surface area contributed by atoms with Crippen LogP contribution in [0.25, 0.3) is 0 Å². The fourth-order valence-corrected chi connectivity index (χ4v) is 0.550. The first-order valence-corrected chi connectivity index (χ1v) is 2.97. The summed E-state index contributed by atoms with van der Waals surface area (Å²) in [5.41, 5.74) is 0. The van der Waals surface area contributed by atoms with Crippen LogP contribution < -0.4 is 0 Å². The zero-order chi connectivity index (χ0) is 7.28. The molecule has 0 aromatic carbocycles. The highest BCUT2D eigenvalue weighted by Gasteiger charge is 1.95. The lowest BCUT2D eigenvalue weighted by Crippen LogP contribution is -2.19. The van der Waals surface area contributed by atoms with Gasteiger partial charge in [-0.05, 0) is 27.1 Å². The Kier molecular flexibility index (Phi) is 3.97. The summed E-state index contributed by atoms with van der Waals surface area (Å²) in [6.45, 7) is 2.35. The normalized spacial score (nSPS) is 11.1. The van der Waals surface area contributed by atoms with Gasteiger partial charge in [-0.15, -0.1) is 0 Å². The van der Waals surface area contributed by atoms with E-state index in [1.165, 1.54) is 0 Å². The number of likely N-dealkylation sites (N-methyl/N-ethyl adjacent to an activating group) is 1. The van der Waals surface area contributed by atoms with Crippen molar-refractivity contribution in [1.29, 1.82) is 0 Å². The molecule has 0 N–H and O–H groups in total. The van der Waals surface area contributed by atoms with E-state index in [0.717, 1.165) is 0 Å². The van der Waals surface area contributed by atoms with Crippen molar-refractivity contribution >= 4 is 5.78 Å². The van der Waals surface area contributed by atoms with Crippen LogP contribution in [0.15, 0.2) is 12.2 Å². The van der Waals surface area contributed by atoms with Crippen molar-refractivity contribution in [3.05, 3.63) is 12.2 Å². The van der Waals surface area contributed by atoms with Gasteiger partial charge >= 0.3 is 0 Å². The molecule has 0 aromatic heterocycles. The molecule has 2 heteroatoms. The van der Waals surface area contributed by atoms with Gasteiger partial charge in [0.1, 0.15) is 0 Å². The lowest BCUT2D eigenvalue weighted by atomic mass is 10.3. The summed E-state index contributed by atoms with van der Waals surface area (Å²) >= 11 is 0. The van der Waals surface area contributed by atoms with Crippen LogP contribution >= 0.6 is 0 Å². The summed E-state index contributed by atoms with van der Waals surface area (Å²) in [5, 5.41) is 0. The quantitative estimate of drug-likeness (QED) is 0.520. The molecule has 0 atom stereocenters. The molecule has 0 unspecified atom stereocenters. The molecule has 0 spiro atoms. The Morgan fingerprint density at radius 1 is 1.56 bits per heavy atom. The Bertz CT molecular complexity index is 116. The van der Waals surface area contributed by atoms with Gasteiger partial charge in [-0.2, -0.15) is 0 Å². The summed E-state index contributed by atoms with van der Waals surface area (Å²) < 4.78 is 0. The summed E-state index contributed by atoms with van der Waals surface area (Å²) in [6, 6.07) is 0. The number of ketones is 1. The predicted octanol–water partition coefficient (Wildman–Crippen LogP) is 0.693. The number of hydrogen-bond acceptors (Lipinski definition) is 2. The Labute approximate surface area is 56.2 Å². The molecule has 0 aliphatic carbocycles. The van der Waals surface area contributed by atoms with E-state index in [1.807, 2.05) is 25.9 Å². The van der Waals surface area contributed by atoms with E-state index in [-0.39, 0.29) is 5.78 Å². The van der Waals surface area contributed by atoms with Crippen molar-refractivity contribution in [1.82, 2.24) is 4.90 Å². The molecule has 0 amide bonds. The number of carbonyl (C=O) groups is 1. The van der Waals surface area contributed by atoms with Gasteiger partial charge in [0.25, 0.3) is 0 Å². The van der Waals surface area contributed by atoms with Crippen LogP contribution in [0.2, 0.25) is 0 Å². The third-order valence-corrected chi connectivity index (χ3v) is 0.825. The van der Waals surface area contributed by atoms with E-state index < -0.39 is 0 Å². The van der Waals surface area contributed by atoms with Gasteiger partial charge in [0, 0.05) is 0 Å². The van der Waals surface area contributed by atoms with Gasteiger partial charge < -0.3 is 4.90 Å². The van der Waals surface area contributed by atoms with E-state index in [4.69, 9.17) is 0 Å². The highest BCUT2D eigenvalue weighted by atomic mass is 16.1. The lowest BCUT2D eigenvalue weighted by molar-refractivity contribution is -0.115. The van der Waals surface area contributed by atoms with Crippen LogP contribution in [0.3, 0.4) is 0 Å². The maximum Gasteiger partial charge on any atom is 0.169 e. The SMILES string of the molecule is CC=CC(=O)CN(C)C. The molecule has 0 rings (SSSR count). The summed E-state index contributed by atoms with van der Waals surface area (Å²) in [7, 11) is 3.75. The van der Waals surface area contributed by atoms with Gasteiger partial charge in [0.05, 0.1) is 6.54 Å². The molecule has 0 radical (unpaired) electrons. The fraction of sp³-hybridized carbons (Fsp3) is 0.571. The minimum atomic E-state index is 0.155. The number of hydrogen-bond donors (Lipinski definition) is 0. The second-order valence-corrected chi connectivity index (χ2v) is 2.20. The molecular formula is C7H13NO. The summed E-state index contributed by atoms with van der Waals surface area (Å²) in [4.78, 5) is 12.6. The smallest absolute Gasteiger partial charge is 0.169 e. The molecule has 0 fully saturated rings. The third-order valence-electron chi connectivity index (χ3n) is 0.825. The van der Waals surface area contributed by atoms with Crippen LogP contribution in [0.4, 0.5) is 0 Å². The van der Waals surface area contributed by atoms with Crippen molar-refractivity contribution in [3.8, 4) is 0 Å². The van der Waals surface area contributed by atoms with Gasteiger partial charge in [0.2, 0.25) is 0 Å². The Morgan fingerprint density at radius 3 is 2.44 bits per heavy atom. The zero-order valence-electron chi connectivity index (χ0n) is 6.22. The van der Waals surface area contributed by atoms with Crippen molar-refractivity contribution < 1.29 is 4.79 Å². The number of carbonyl (C=O) groups excluding carboxylic acids is 1. The molecule has 0 aromatic rings. The Hall–Kier alpha value is -0.630. The summed E-state index contributed by atoms with van der Waals surface area (Å²) in [5.74, 6) is 0.155. The lowest BCUT2D eigenvalue weighted by Gasteiger charge is -2.04. The average molecular weight is 127 g/mol. The first-order valence-electron chi connectivity index (χ1n) is 2.97. The Balaban J connectivity index is 3.51. The van der Waals surface area contributed by atoms with Gasteiger partial charge in [-0.1, -0.05) is 6.08 Å². The van der Waals surface area contributed by atoms with Gasteiger partial charge in [-0.3, -0.25) is 4.79 Å². The molecule has 0 saturated heterocycles. The molecule has 0 heterocycles. The van der Waals surface area contributed by atoms with Crippen LogP contribution in [0.5, 0.6) is 0 Å². The largest absolute Gasteiger partial charge is 0.302 e. The molecule has 0 saturated carbocycles. The van der Waals surface area contributed by atoms with Crippen molar-refractivity contribution in [2.75, 3.05) is 20.6 Å². The molecule has 0 aliphatic rings. The minimum absolute atomic E-state index is 0.155. The summed E-state index contributed by atoms with van der Waals surface area (Å²) in [6.07, 6.45) is 3.34. The van der Waals surface area contributed by atoms with E-state index in [2.05, 4.69) is 0 Å². The first kappa shape index (κ1) is 8.37. The molecule has 0 bridgehead atoms. The van der Waals surface area contributed by atoms with Crippen molar-refractivity contribution in [2.45, 2.75) is 6.92 Å². The number of rotatable bonds is 3.